The zero-order chi connectivity index (χ0) is 13.7. The highest BCUT2D eigenvalue weighted by Crippen LogP contribution is 2.25. The standard InChI is InChI=1S/C15H19ClN2O/c1-11(16)4-3-8-17-15-14-6-5-13(19-2)10-12(14)7-9-18-15/h5-7,9-11H,3-4,8H2,1-2H3,(H,17,18). The molecule has 0 bridgehead atoms. The lowest BCUT2D eigenvalue weighted by Crippen LogP contribution is -2.05. The third-order valence-corrected chi connectivity index (χ3v) is 3.26. The van der Waals surface area contributed by atoms with Crippen LogP contribution < -0.4 is 10.1 Å². The van der Waals surface area contributed by atoms with Crippen LogP contribution in [-0.2, 0) is 0 Å². The van der Waals surface area contributed by atoms with Gasteiger partial charge in [-0.2, -0.15) is 0 Å². The van der Waals surface area contributed by atoms with E-state index in [2.05, 4.69) is 10.3 Å². The number of fused-ring (bicyclic) bond motifs is 1. The molecular formula is C15H19ClN2O. The molecule has 3 nitrogen and oxygen atoms in total. The predicted molar refractivity (Wildman–Crippen MR) is 81.3 cm³/mol. The SMILES string of the molecule is COc1ccc2c(NCCCC(C)Cl)nccc2c1. The summed E-state index contributed by atoms with van der Waals surface area (Å²) in [7, 11) is 1.68. The molecular weight excluding hydrogens is 260 g/mol. The molecule has 0 amide bonds. The van der Waals surface area contributed by atoms with Crippen LogP contribution in [0.25, 0.3) is 10.8 Å². The van der Waals surface area contributed by atoms with E-state index in [0.717, 1.165) is 41.7 Å². The number of nitrogens with zero attached hydrogens (tertiary/aromatic N) is 1. The Balaban J connectivity index is 2.10. The molecule has 1 unspecified atom stereocenters. The predicted octanol–water partition coefficient (Wildman–Crippen LogP) is 4.06. The minimum atomic E-state index is 0.228. The molecule has 1 N–H and O–H groups in total. The second kappa shape index (κ2) is 6.62. The van der Waals surface area contributed by atoms with Crippen molar-refractivity contribution >= 4 is 28.2 Å². The largest absolute Gasteiger partial charge is 0.497 e. The van der Waals surface area contributed by atoms with E-state index in [1.807, 2.05) is 37.4 Å². The first-order valence-corrected chi connectivity index (χ1v) is 6.95. The third-order valence-electron chi connectivity index (χ3n) is 3.04. The molecule has 0 saturated heterocycles. The maximum Gasteiger partial charge on any atom is 0.133 e. The third kappa shape index (κ3) is 3.74. The highest BCUT2D eigenvalue weighted by Gasteiger charge is 2.03. The Morgan fingerprint density at radius 2 is 2.21 bits per heavy atom. The van der Waals surface area contributed by atoms with Gasteiger partial charge in [0.25, 0.3) is 0 Å². The minimum absolute atomic E-state index is 0.228. The zero-order valence-electron chi connectivity index (χ0n) is 11.3. The Hall–Kier alpha value is -1.48. The number of pyridine rings is 1. The van der Waals surface area contributed by atoms with Crippen molar-refractivity contribution in [2.24, 2.45) is 0 Å². The summed E-state index contributed by atoms with van der Waals surface area (Å²) in [6.07, 6.45) is 3.86. The summed E-state index contributed by atoms with van der Waals surface area (Å²) < 4.78 is 5.23. The maximum absolute atomic E-state index is 5.93. The Labute approximate surface area is 118 Å². The van der Waals surface area contributed by atoms with Crippen molar-refractivity contribution in [1.82, 2.24) is 4.98 Å². The number of aromatic nitrogens is 1. The van der Waals surface area contributed by atoms with E-state index in [1.54, 1.807) is 7.11 Å². The first kappa shape index (κ1) is 13.9. The first-order chi connectivity index (χ1) is 9.20. The molecule has 0 aliphatic heterocycles. The molecule has 0 radical (unpaired) electrons. The molecule has 1 heterocycles. The molecule has 1 aromatic heterocycles. The van der Waals surface area contributed by atoms with Crippen LogP contribution in [0, 0.1) is 0 Å². The fourth-order valence-corrected chi connectivity index (χ4v) is 2.17. The van der Waals surface area contributed by atoms with E-state index in [1.165, 1.54) is 0 Å². The number of halogens is 1. The molecule has 0 aliphatic rings. The number of ether oxygens (including phenoxy) is 1. The fraction of sp³-hybridized carbons (Fsp3) is 0.400. The number of hydrogen-bond acceptors (Lipinski definition) is 3. The monoisotopic (exact) mass is 278 g/mol. The number of benzene rings is 1. The quantitative estimate of drug-likeness (QED) is 0.639. The van der Waals surface area contributed by atoms with Crippen molar-refractivity contribution in [2.45, 2.75) is 25.1 Å². The summed E-state index contributed by atoms with van der Waals surface area (Å²) in [6, 6.07) is 8.00. The molecule has 2 rings (SSSR count). The van der Waals surface area contributed by atoms with Gasteiger partial charge in [-0.15, -0.1) is 11.6 Å². The molecule has 2 aromatic rings. The van der Waals surface area contributed by atoms with E-state index in [0.29, 0.717) is 0 Å². The van der Waals surface area contributed by atoms with Gasteiger partial charge in [0.05, 0.1) is 7.11 Å². The van der Waals surface area contributed by atoms with Gasteiger partial charge in [-0.3, -0.25) is 0 Å². The molecule has 1 aromatic carbocycles. The Bertz CT molecular complexity index is 543. The highest BCUT2D eigenvalue weighted by molar-refractivity contribution is 6.20. The summed E-state index contributed by atoms with van der Waals surface area (Å²) in [5, 5.41) is 5.84. The summed E-state index contributed by atoms with van der Waals surface area (Å²) in [6.45, 7) is 2.90. The van der Waals surface area contributed by atoms with Crippen molar-refractivity contribution in [2.75, 3.05) is 19.0 Å². The summed E-state index contributed by atoms with van der Waals surface area (Å²) in [4.78, 5) is 4.39. The number of alkyl halides is 1. The van der Waals surface area contributed by atoms with Crippen LogP contribution in [0.15, 0.2) is 30.5 Å². The van der Waals surface area contributed by atoms with Crippen molar-refractivity contribution in [3.05, 3.63) is 30.5 Å². The van der Waals surface area contributed by atoms with Crippen LogP contribution in [0.3, 0.4) is 0 Å². The Kier molecular flexibility index (Phi) is 4.86. The van der Waals surface area contributed by atoms with Crippen molar-refractivity contribution < 1.29 is 4.74 Å². The number of methoxy groups -OCH3 is 1. The van der Waals surface area contributed by atoms with Crippen LogP contribution >= 0.6 is 11.6 Å². The number of rotatable bonds is 6. The van der Waals surface area contributed by atoms with Gasteiger partial charge in [-0.05, 0) is 49.4 Å². The maximum atomic E-state index is 5.93. The summed E-state index contributed by atoms with van der Waals surface area (Å²) in [5.41, 5.74) is 0. The van der Waals surface area contributed by atoms with Crippen molar-refractivity contribution in [3.8, 4) is 5.75 Å². The summed E-state index contributed by atoms with van der Waals surface area (Å²) >= 11 is 5.93. The first-order valence-electron chi connectivity index (χ1n) is 6.51. The second-order valence-electron chi connectivity index (χ2n) is 4.60. The van der Waals surface area contributed by atoms with E-state index >= 15 is 0 Å². The van der Waals surface area contributed by atoms with E-state index in [-0.39, 0.29) is 5.38 Å². The van der Waals surface area contributed by atoms with Gasteiger partial charge in [-0.25, -0.2) is 4.98 Å². The van der Waals surface area contributed by atoms with Gasteiger partial charge in [0, 0.05) is 23.5 Å². The zero-order valence-corrected chi connectivity index (χ0v) is 12.1. The van der Waals surface area contributed by atoms with Crippen molar-refractivity contribution in [3.63, 3.8) is 0 Å². The van der Waals surface area contributed by atoms with Crippen LogP contribution in [-0.4, -0.2) is 24.0 Å². The number of anilines is 1. The van der Waals surface area contributed by atoms with Gasteiger partial charge < -0.3 is 10.1 Å². The Morgan fingerprint density at radius 1 is 1.37 bits per heavy atom. The van der Waals surface area contributed by atoms with Gasteiger partial charge in [0.2, 0.25) is 0 Å². The lowest BCUT2D eigenvalue weighted by molar-refractivity contribution is 0.415. The average Bonchev–Trinajstić information content (AvgIpc) is 2.42. The molecule has 0 aliphatic carbocycles. The average molecular weight is 279 g/mol. The van der Waals surface area contributed by atoms with Gasteiger partial charge in [0.15, 0.2) is 0 Å². The lowest BCUT2D eigenvalue weighted by atomic mass is 10.1. The van der Waals surface area contributed by atoms with Gasteiger partial charge >= 0.3 is 0 Å². The summed E-state index contributed by atoms with van der Waals surface area (Å²) in [5.74, 6) is 1.78. The minimum Gasteiger partial charge on any atom is -0.497 e. The molecule has 1 atom stereocenters. The normalized spacial score (nSPS) is 12.4. The van der Waals surface area contributed by atoms with Gasteiger partial charge in [-0.1, -0.05) is 0 Å². The fourth-order valence-electron chi connectivity index (χ4n) is 2.01. The van der Waals surface area contributed by atoms with E-state index < -0.39 is 0 Å². The van der Waals surface area contributed by atoms with Crippen LogP contribution in [0.2, 0.25) is 0 Å². The second-order valence-corrected chi connectivity index (χ2v) is 5.34. The lowest BCUT2D eigenvalue weighted by Gasteiger charge is -2.10. The van der Waals surface area contributed by atoms with Crippen LogP contribution in [0.5, 0.6) is 5.75 Å². The molecule has 0 saturated carbocycles. The van der Waals surface area contributed by atoms with E-state index in [9.17, 15) is 0 Å². The van der Waals surface area contributed by atoms with Gasteiger partial charge in [0.1, 0.15) is 11.6 Å². The molecule has 0 spiro atoms. The smallest absolute Gasteiger partial charge is 0.133 e. The highest BCUT2D eigenvalue weighted by atomic mass is 35.5. The number of hydrogen-bond donors (Lipinski definition) is 1. The van der Waals surface area contributed by atoms with Crippen LogP contribution in [0.1, 0.15) is 19.8 Å². The number of nitrogens with one attached hydrogen (secondary N) is 1. The molecule has 102 valence electrons. The van der Waals surface area contributed by atoms with E-state index in [4.69, 9.17) is 16.3 Å². The molecule has 4 heteroatoms. The van der Waals surface area contributed by atoms with Crippen LogP contribution in [0.4, 0.5) is 5.82 Å². The van der Waals surface area contributed by atoms with Crippen molar-refractivity contribution in [1.29, 1.82) is 0 Å². The topological polar surface area (TPSA) is 34.1 Å². The molecule has 19 heavy (non-hydrogen) atoms. The molecule has 0 fully saturated rings. The Morgan fingerprint density at radius 3 is 2.95 bits per heavy atom.